The topological polar surface area (TPSA) is 82.0 Å². The van der Waals surface area contributed by atoms with Crippen molar-refractivity contribution in [3.8, 4) is 17.2 Å². The van der Waals surface area contributed by atoms with Gasteiger partial charge in [0.1, 0.15) is 5.75 Å². The Morgan fingerprint density at radius 2 is 1.98 bits per heavy atom. The Bertz CT molecular complexity index is 1820. The molecule has 0 aliphatic carbocycles. The highest BCUT2D eigenvalue weighted by Crippen LogP contribution is 2.48. The largest absolute Gasteiger partial charge is 0.493 e. The minimum Gasteiger partial charge on any atom is -0.493 e. The molecule has 0 fully saturated rings. The van der Waals surface area contributed by atoms with Crippen LogP contribution in [0.25, 0.3) is 10.9 Å². The third-order valence-corrected chi connectivity index (χ3v) is 8.75. The molecule has 4 aromatic rings. The van der Waals surface area contributed by atoms with Crippen LogP contribution >= 0.6 is 0 Å². The molecule has 0 bridgehead atoms. The molecule has 3 aromatic carbocycles. The Balaban J connectivity index is 1.26. The Labute approximate surface area is 250 Å². The van der Waals surface area contributed by atoms with Gasteiger partial charge in [-0.3, -0.25) is 14.5 Å². The minimum absolute atomic E-state index is 0.219. The maximum absolute atomic E-state index is 13.8. The molecule has 4 heterocycles. The lowest BCUT2D eigenvalue weighted by Gasteiger charge is -2.21. The number of nitrogens with zero attached hydrogens (tertiary/aromatic N) is 2. The molecule has 0 spiro atoms. The number of imide groups is 1. The molecule has 220 valence electrons. The van der Waals surface area contributed by atoms with Crippen LogP contribution in [-0.2, 0) is 22.4 Å². The second-order valence-corrected chi connectivity index (χ2v) is 11.7. The Kier molecular flexibility index (Phi) is 6.64. The fourth-order valence-electron chi connectivity index (χ4n) is 6.66. The molecule has 1 atom stereocenters. The number of anilines is 1. The fourth-order valence-corrected chi connectivity index (χ4v) is 6.66. The molecule has 3 aliphatic rings. The summed E-state index contributed by atoms with van der Waals surface area (Å²) >= 11 is 0. The molecule has 0 saturated heterocycles. The highest BCUT2D eigenvalue weighted by molar-refractivity contribution is 6.11. The number of nitrogens with one attached hydrogen (secondary N) is 1. The number of ether oxygens (including phenoxy) is 3. The first kappa shape index (κ1) is 27.1. The van der Waals surface area contributed by atoms with E-state index in [1.54, 1.807) is 7.11 Å². The zero-order valence-electron chi connectivity index (χ0n) is 24.9. The van der Waals surface area contributed by atoms with Crippen LogP contribution in [0, 0.1) is 0 Å². The summed E-state index contributed by atoms with van der Waals surface area (Å²) < 4.78 is 19.9. The smallest absolute Gasteiger partial charge is 0.259 e. The summed E-state index contributed by atoms with van der Waals surface area (Å²) in [5, 5.41) is 4.62. The van der Waals surface area contributed by atoms with Gasteiger partial charge in [0.05, 0.1) is 38.0 Å². The van der Waals surface area contributed by atoms with Crippen LogP contribution in [0.2, 0.25) is 0 Å². The summed E-state index contributed by atoms with van der Waals surface area (Å²) in [4.78, 5) is 27.6. The number of carbonyl (C=O) groups excluding carboxylic acids is 2. The average molecular weight is 578 g/mol. The maximum Gasteiger partial charge on any atom is 0.259 e. The van der Waals surface area contributed by atoms with Crippen molar-refractivity contribution in [3.05, 3.63) is 94.3 Å². The number of methoxy groups -OCH3 is 1. The number of rotatable bonds is 7. The minimum atomic E-state index is -0.401. The molecule has 7 rings (SSSR count). The molecule has 0 radical (unpaired) electrons. The molecule has 0 saturated carbocycles. The van der Waals surface area contributed by atoms with E-state index in [2.05, 4.69) is 48.1 Å². The van der Waals surface area contributed by atoms with Crippen molar-refractivity contribution in [1.82, 2.24) is 9.47 Å². The van der Waals surface area contributed by atoms with Gasteiger partial charge in [0.2, 0.25) is 5.91 Å². The quantitative estimate of drug-likeness (QED) is 0.291. The third kappa shape index (κ3) is 4.52. The maximum atomic E-state index is 13.8. The highest BCUT2D eigenvalue weighted by Gasteiger charge is 2.42. The van der Waals surface area contributed by atoms with Gasteiger partial charge in [0, 0.05) is 54.7 Å². The molecule has 0 unspecified atom stereocenters. The van der Waals surface area contributed by atoms with Crippen LogP contribution in [0.4, 0.5) is 5.69 Å². The SMILES string of the molecule is COc1cc([C@H]2C3=C(CN(C(C)=O)C3=O)Nc3cccc4c3c2cn4C(C)C)ccc1OCCc1ccc2c(c1)CCO2. The molecular formula is C35H35N3O5. The van der Waals surface area contributed by atoms with Gasteiger partial charge in [-0.1, -0.05) is 24.3 Å². The molecule has 8 heteroatoms. The number of benzene rings is 3. The molecule has 2 amide bonds. The van der Waals surface area contributed by atoms with Gasteiger partial charge in [-0.25, -0.2) is 0 Å². The second kappa shape index (κ2) is 10.5. The molecule has 3 aliphatic heterocycles. The highest BCUT2D eigenvalue weighted by atomic mass is 16.5. The van der Waals surface area contributed by atoms with Crippen molar-refractivity contribution in [2.45, 2.75) is 45.6 Å². The van der Waals surface area contributed by atoms with Gasteiger partial charge in [0.15, 0.2) is 11.5 Å². The zero-order valence-corrected chi connectivity index (χ0v) is 24.9. The lowest BCUT2D eigenvalue weighted by atomic mass is 9.84. The van der Waals surface area contributed by atoms with Crippen molar-refractivity contribution in [1.29, 1.82) is 0 Å². The van der Waals surface area contributed by atoms with Gasteiger partial charge in [-0.15, -0.1) is 0 Å². The van der Waals surface area contributed by atoms with Gasteiger partial charge in [0.25, 0.3) is 5.91 Å². The van der Waals surface area contributed by atoms with Crippen LogP contribution < -0.4 is 19.5 Å². The van der Waals surface area contributed by atoms with Crippen molar-refractivity contribution in [2.24, 2.45) is 0 Å². The van der Waals surface area contributed by atoms with E-state index in [1.807, 2.05) is 36.4 Å². The second-order valence-electron chi connectivity index (χ2n) is 11.7. The summed E-state index contributed by atoms with van der Waals surface area (Å²) in [5.74, 6) is 1.28. The summed E-state index contributed by atoms with van der Waals surface area (Å²) in [6.45, 7) is 7.20. The Morgan fingerprint density at radius 3 is 2.77 bits per heavy atom. The summed E-state index contributed by atoms with van der Waals surface area (Å²) in [6.07, 6.45) is 3.86. The van der Waals surface area contributed by atoms with Gasteiger partial charge >= 0.3 is 0 Å². The van der Waals surface area contributed by atoms with E-state index in [1.165, 1.54) is 23.0 Å². The molecular weight excluding hydrogens is 542 g/mol. The number of carbonyl (C=O) groups is 2. The molecule has 1 N–H and O–H groups in total. The predicted octanol–water partition coefficient (Wildman–Crippen LogP) is 5.99. The normalized spacial score (nSPS) is 17.1. The molecule has 1 aromatic heterocycles. The van der Waals surface area contributed by atoms with E-state index >= 15 is 0 Å². The van der Waals surface area contributed by atoms with Crippen molar-refractivity contribution in [3.63, 3.8) is 0 Å². The Hall–Kier alpha value is -4.72. The van der Waals surface area contributed by atoms with Crippen LogP contribution in [0.1, 0.15) is 55.0 Å². The van der Waals surface area contributed by atoms with E-state index in [-0.39, 0.29) is 24.4 Å². The number of aromatic nitrogens is 1. The Morgan fingerprint density at radius 1 is 1.12 bits per heavy atom. The lowest BCUT2D eigenvalue weighted by Crippen LogP contribution is -2.33. The molecule has 8 nitrogen and oxygen atoms in total. The van der Waals surface area contributed by atoms with Crippen LogP contribution in [0.5, 0.6) is 17.2 Å². The average Bonchev–Trinajstić information content (AvgIpc) is 3.68. The summed E-state index contributed by atoms with van der Waals surface area (Å²) in [5.41, 5.74) is 7.75. The van der Waals surface area contributed by atoms with Gasteiger partial charge < -0.3 is 24.1 Å². The van der Waals surface area contributed by atoms with E-state index in [4.69, 9.17) is 14.2 Å². The van der Waals surface area contributed by atoms with Crippen LogP contribution in [0.3, 0.4) is 0 Å². The molecule has 43 heavy (non-hydrogen) atoms. The van der Waals surface area contributed by atoms with Gasteiger partial charge in [-0.2, -0.15) is 0 Å². The third-order valence-electron chi connectivity index (χ3n) is 8.75. The first-order valence-electron chi connectivity index (χ1n) is 14.8. The van der Waals surface area contributed by atoms with E-state index in [0.717, 1.165) is 58.6 Å². The number of amides is 2. The summed E-state index contributed by atoms with van der Waals surface area (Å²) in [6, 6.07) is 18.6. The number of hydrogen-bond donors (Lipinski definition) is 1. The van der Waals surface area contributed by atoms with E-state index in [9.17, 15) is 9.59 Å². The zero-order chi connectivity index (χ0) is 29.8. The van der Waals surface area contributed by atoms with E-state index < -0.39 is 5.92 Å². The van der Waals surface area contributed by atoms with Crippen LogP contribution in [0.15, 0.2) is 72.1 Å². The fraction of sp³-hybridized carbons (Fsp3) is 0.314. The van der Waals surface area contributed by atoms with E-state index in [0.29, 0.717) is 23.7 Å². The monoisotopic (exact) mass is 577 g/mol. The summed E-state index contributed by atoms with van der Waals surface area (Å²) in [7, 11) is 1.63. The number of fused-ring (bicyclic) bond motifs is 1. The van der Waals surface area contributed by atoms with Crippen molar-refractivity contribution < 1.29 is 23.8 Å². The first-order valence-corrected chi connectivity index (χ1v) is 14.8. The van der Waals surface area contributed by atoms with Crippen molar-refractivity contribution in [2.75, 3.05) is 32.2 Å². The number of hydrogen-bond acceptors (Lipinski definition) is 6. The van der Waals surface area contributed by atoms with Crippen molar-refractivity contribution >= 4 is 28.4 Å². The first-order chi connectivity index (χ1) is 20.8. The van der Waals surface area contributed by atoms with Gasteiger partial charge in [-0.05, 0) is 66.4 Å². The van der Waals surface area contributed by atoms with Crippen LogP contribution in [-0.4, -0.2) is 48.1 Å². The standard InChI is InChI=1S/C35H35N3O5/c1-20(2)37-18-25-32(34-27(19-38(21(3)39)35(34)40)36-26-6-5-7-28(37)33(25)26)24-9-11-30(31(17-24)41-4)43-14-12-22-8-10-29-23(16-22)13-15-42-29/h5-11,16-18,20,32,36H,12-15,19H2,1-4H3/t32-/m1/s1. The predicted molar refractivity (Wildman–Crippen MR) is 165 cm³/mol. The lowest BCUT2D eigenvalue weighted by molar-refractivity contribution is -0.139.